The fourth-order valence-corrected chi connectivity index (χ4v) is 5.30. The molecular formula is C19H30N4O2S. The van der Waals surface area contributed by atoms with Crippen molar-refractivity contribution in [2.75, 3.05) is 37.6 Å². The van der Waals surface area contributed by atoms with Crippen LogP contribution in [0.5, 0.6) is 0 Å². The van der Waals surface area contributed by atoms with Crippen molar-refractivity contribution in [1.82, 2.24) is 15.0 Å². The maximum Gasteiger partial charge on any atom is 0.242 e. The van der Waals surface area contributed by atoms with E-state index in [1.807, 2.05) is 6.07 Å². The molecule has 0 bridgehead atoms. The molecule has 1 aromatic rings. The number of sulfonamides is 1. The van der Waals surface area contributed by atoms with Gasteiger partial charge in [0.15, 0.2) is 0 Å². The smallest absolute Gasteiger partial charge is 0.242 e. The Bertz CT molecular complexity index is 697. The van der Waals surface area contributed by atoms with E-state index < -0.39 is 10.0 Å². The Morgan fingerprint density at radius 2 is 2.00 bits per heavy atom. The first kappa shape index (κ1) is 18.2. The molecular weight excluding hydrogens is 348 g/mol. The summed E-state index contributed by atoms with van der Waals surface area (Å²) in [5.41, 5.74) is 0. The number of piperidine rings is 2. The van der Waals surface area contributed by atoms with Crippen molar-refractivity contribution in [2.24, 2.45) is 17.8 Å². The Labute approximate surface area is 156 Å². The highest BCUT2D eigenvalue weighted by molar-refractivity contribution is 7.89. The molecule has 2 aliphatic heterocycles. The maximum atomic E-state index is 12.3. The fraction of sp³-hybridized carbons (Fsp3) is 0.737. The van der Waals surface area contributed by atoms with Crippen LogP contribution >= 0.6 is 0 Å². The first-order valence-electron chi connectivity index (χ1n) is 10.0. The summed E-state index contributed by atoms with van der Waals surface area (Å²) in [6, 6.07) is 3.57. The Hall–Kier alpha value is -1.18. The lowest BCUT2D eigenvalue weighted by Crippen LogP contribution is -2.43. The number of pyridine rings is 1. The van der Waals surface area contributed by atoms with E-state index in [1.54, 1.807) is 6.07 Å². The molecule has 4 rings (SSSR count). The lowest BCUT2D eigenvalue weighted by Gasteiger charge is -2.39. The van der Waals surface area contributed by atoms with Gasteiger partial charge in [-0.3, -0.25) is 0 Å². The lowest BCUT2D eigenvalue weighted by molar-refractivity contribution is 0.234. The number of hydrogen-bond acceptors (Lipinski definition) is 5. The van der Waals surface area contributed by atoms with E-state index in [0.717, 1.165) is 50.8 Å². The van der Waals surface area contributed by atoms with E-state index in [-0.39, 0.29) is 4.90 Å². The summed E-state index contributed by atoms with van der Waals surface area (Å²) in [5, 5.41) is 3.53. The molecule has 7 heteroatoms. The molecule has 6 nitrogen and oxygen atoms in total. The molecule has 1 saturated carbocycles. The summed E-state index contributed by atoms with van der Waals surface area (Å²) in [5.74, 6) is 2.90. The zero-order valence-electron chi connectivity index (χ0n) is 15.4. The summed E-state index contributed by atoms with van der Waals surface area (Å²) in [6.07, 6.45) is 8.85. The molecule has 3 heterocycles. The third kappa shape index (κ3) is 4.38. The zero-order valence-corrected chi connectivity index (χ0v) is 16.2. The molecule has 1 aromatic heterocycles. The average Bonchev–Trinajstić information content (AvgIpc) is 3.52. The van der Waals surface area contributed by atoms with Gasteiger partial charge in [-0.05, 0) is 81.5 Å². The Balaban J connectivity index is 1.39. The second-order valence-corrected chi connectivity index (χ2v) is 9.87. The molecule has 2 unspecified atom stereocenters. The average molecular weight is 379 g/mol. The van der Waals surface area contributed by atoms with Crippen LogP contribution in [0.4, 0.5) is 5.82 Å². The van der Waals surface area contributed by atoms with Crippen molar-refractivity contribution in [1.29, 1.82) is 0 Å². The van der Waals surface area contributed by atoms with Crippen molar-refractivity contribution < 1.29 is 8.42 Å². The largest absolute Gasteiger partial charge is 0.356 e. The first-order valence-corrected chi connectivity index (χ1v) is 11.5. The molecule has 0 amide bonds. The van der Waals surface area contributed by atoms with Gasteiger partial charge in [0.2, 0.25) is 10.0 Å². The van der Waals surface area contributed by atoms with Gasteiger partial charge in [0.1, 0.15) is 10.7 Å². The Morgan fingerprint density at radius 1 is 1.15 bits per heavy atom. The quantitative estimate of drug-likeness (QED) is 0.792. The van der Waals surface area contributed by atoms with Crippen LogP contribution in [0.25, 0.3) is 0 Å². The van der Waals surface area contributed by atoms with Crippen LogP contribution in [0.2, 0.25) is 0 Å². The molecule has 2 saturated heterocycles. The van der Waals surface area contributed by atoms with Crippen LogP contribution < -0.4 is 14.9 Å². The predicted molar refractivity (Wildman–Crippen MR) is 103 cm³/mol. The SMILES string of the molecule is O=S(=O)(NCC1CC1)c1ccc(N2CCCC(C3CCCNC3)C2)nc1. The highest BCUT2D eigenvalue weighted by atomic mass is 32.2. The van der Waals surface area contributed by atoms with Gasteiger partial charge < -0.3 is 10.2 Å². The van der Waals surface area contributed by atoms with Crippen LogP contribution in [0.1, 0.15) is 38.5 Å². The third-order valence-electron chi connectivity index (χ3n) is 6.07. The number of anilines is 1. The van der Waals surface area contributed by atoms with E-state index in [2.05, 4.69) is 19.9 Å². The van der Waals surface area contributed by atoms with Crippen LogP contribution in [0.3, 0.4) is 0 Å². The molecule has 0 aromatic carbocycles. The topological polar surface area (TPSA) is 74.3 Å². The summed E-state index contributed by atoms with van der Waals surface area (Å²) in [4.78, 5) is 7.08. The van der Waals surface area contributed by atoms with Gasteiger partial charge in [0, 0.05) is 25.8 Å². The van der Waals surface area contributed by atoms with Crippen LogP contribution in [-0.4, -0.2) is 46.1 Å². The minimum Gasteiger partial charge on any atom is -0.356 e. The standard InChI is InChI=1S/C19H30N4O2S/c24-26(25,22-11-15-5-6-15)18-7-8-19(21-13-18)23-10-2-4-17(14-23)16-3-1-9-20-12-16/h7-8,13,15-17,20,22H,1-6,9-12,14H2. The summed E-state index contributed by atoms with van der Waals surface area (Å²) < 4.78 is 27.4. The maximum absolute atomic E-state index is 12.3. The molecule has 2 N–H and O–H groups in total. The van der Waals surface area contributed by atoms with Crippen molar-refractivity contribution in [3.8, 4) is 0 Å². The van der Waals surface area contributed by atoms with Gasteiger partial charge in [-0.1, -0.05) is 0 Å². The highest BCUT2D eigenvalue weighted by Gasteiger charge is 2.29. The summed E-state index contributed by atoms with van der Waals surface area (Å²) >= 11 is 0. The molecule has 3 fully saturated rings. The van der Waals surface area contributed by atoms with E-state index in [0.29, 0.717) is 18.4 Å². The van der Waals surface area contributed by atoms with Gasteiger partial charge in [-0.25, -0.2) is 18.1 Å². The number of hydrogen-bond donors (Lipinski definition) is 2. The lowest BCUT2D eigenvalue weighted by atomic mass is 9.81. The number of rotatable bonds is 6. The summed E-state index contributed by atoms with van der Waals surface area (Å²) in [7, 11) is -3.43. The van der Waals surface area contributed by atoms with Gasteiger partial charge in [-0.2, -0.15) is 0 Å². The molecule has 26 heavy (non-hydrogen) atoms. The monoisotopic (exact) mass is 378 g/mol. The minimum atomic E-state index is -3.43. The normalized spacial score (nSPS) is 27.5. The molecule has 3 aliphatic rings. The molecule has 0 radical (unpaired) electrons. The van der Waals surface area contributed by atoms with E-state index in [4.69, 9.17) is 0 Å². The van der Waals surface area contributed by atoms with Crippen LogP contribution in [0, 0.1) is 17.8 Å². The van der Waals surface area contributed by atoms with Crippen LogP contribution in [-0.2, 0) is 10.0 Å². The highest BCUT2D eigenvalue weighted by Crippen LogP contribution is 2.31. The Kier molecular flexibility index (Phi) is 5.47. The minimum absolute atomic E-state index is 0.270. The molecule has 144 valence electrons. The molecule has 0 spiro atoms. The van der Waals surface area contributed by atoms with E-state index >= 15 is 0 Å². The number of nitrogens with zero attached hydrogens (tertiary/aromatic N) is 2. The van der Waals surface area contributed by atoms with E-state index in [1.165, 1.54) is 31.9 Å². The summed E-state index contributed by atoms with van der Waals surface area (Å²) in [6.45, 7) is 4.88. The number of aromatic nitrogens is 1. The zero-order chi connectivity index (χ0) is 18.0. The van der Waals surface area contributed by atoms with Crippen molar-refractivity contribution in [3.63, 3.8) is 0 Å². The van der Waals surface area contributed by atoms with Crippen LogP contribution in [0.15, 0.2) is 23.2 Å². The number of nitrogens with one attached hydrogen (secondary N) is 2. The second-order valence-electron chi connectivity index (χ2n) is 8.10. The van der Waals surface area contributed by atoms with Gasteiger partial charge in [-0.15, -0.1) is 0 Å². The van der Waals surface area contributed by atoms with Crippen molar-refractivity contribution in [3.05, 3.63) is 18.3 Å². The Morgan fingerprint density at radius 3 is 2.69 bits per heavy atom. The van der Waals surface area contributed by atoms with Crippen molar-refractivity contribution >= 4 is 15.8 Å². The van der Waals surface area contributed by atoms with Gasteiger partial charge in [0.25, 0.3) is 0 Å². The van der Waals surface area contributed by atoms with Gasteiger partial charge >= 0.3 is 0 Å². The van der Waals surface area contributed by atoms with Crippen molar-refractivity contribution in [2.45, 2.75) is 43.4 Å². The third-order valence-corrected chi connectivity index (χ3v) is 7.48. The molecule has 1 aliphatic carbocycles. The molecule has 2 atom stereocenters. The predicted octanol–water partition coefficient (Wildman–Crippen LogP) is 1.99. The second kappa shape index (κ2) is 7.82. The van der Waals surface area contributed by atoms with E-state index in [9.17, 15) is 8.42 Å². The first-order chi connectivity index (χ1) is 12.6. The van der Waals surface area contributed by atoms with Gasteiger partial charge in [0.05, 0.1) is 0 Å². The fourth-order valence-electron chi connectivity index (χ4n) is 4.24.